The van der Waals surface area contributed by atoms with Gasteiger partial charge in [0, 0.05) is 5.56 Å². The van der Waals surface area contributed by atoms with Crippen LogP contribution in [-0.2, 0) is 0 Å². The summed E-state index contributed by atoms with van der Waals surface area (Å²) >= 11 is 0. The molecule has 100 valence electrons. The Bertz CT molecular complexity index is 700. The van der Waals surface area contributed by atoms with Gasteiger partial charge in [-0.05, 0) is 12.1 Å². The first kappa shape index (κ1) is 12.8. The van der Waals surface area contributed by atoms with Crippen LogP contribution in [0.25, 0.3) is 0 Å². The number of halogens is 2. The summed E-state index contributed by atoms with van der Waals surface area (Å²) in [6.07, 6.45) is -0.773. The number of carbonyl (C=O) groups excluding carboxylic acids is 1. The van der Waals surface area contributed by atoms with Crippen LogP contribution in [0, 0.1) is 11.6 Å². The van der Waals surface area contributed by atoms with Crippen molar-refractivity contribution in [3.8, 4) is 5.75 Å². The fourth-order valence-electron chi connectivity index (χ4n) is 2.38. The minimum Gasteiger partial charge on any atom is -0.484 e. The van der Waals surface area contributed by atoms with E-state index in [0.29, 0.717) is 11.3 Å². The van der Waals surface area contributed by atoms with Gasteiger partial charge in [0.05, 0.1) is 12.0 Å². The topological polar surface area (TPSA) is 26.3 Å². The lowest BCUT2D eigenvalue weighted by Gasteiger charge is -2.26. The van der Waals surface area contributed by atoms with Crippen LogP contribution < -0.4 is 10.2 Å². The summed E-state index contributed by atoms with van der Waals surface area (Å²) in [5.41, 5.74) is 1.53. The van der Waals surface area contributed by atoms with Gasteiger partial charge in [0.2, 0.25) is 0 Å². The average Bonchev–Trinajstić information content (AvgIpc) is 2.42. The molecule has 1 atom stereocenters. The second kappa shape index (κ2) is 4.74. The number of ether oxygens (including phenoxy) is 1. The van der Waals surface area contributed by atoms with Gasteiger partial charge in [-0.15, -0.1) is 0 Å². The molecule has 3 rings (SSSR count). The van der Waals surface area contributed by atoms with Crippen molar-refractivity contribution in [3.05, 3.63) is 59.2 Å². The molecule has 0 bridgehead atoms. The monoisotopic (exact) mass is 272 g/mol. The van der Waals surface area contributed by atoms with E-state index >= 15 is 0 Å². The smallest absolute Gasteiger partial charge is 0.170 e. The van der Waals surface area contributed by atoms with Gasteiger partial charge in [-0.1, -0.05) is 29.7 Å². The number of carbonyl (C=O) groups is 1. The van der Waals surface area contributed by atoms with Crippen LogP contribution in [0.5, 0.6) is 5.75 Å². The maximum atomic E-state index is 13.8. The van der Waals surface area contributed by atoms with Gasteiger partial charge in [-0.3, -0.25) is 4.79 Å². The second-order valence-electron chi connectivity index (χ2n) is 4.88. The predicted molar refractivity (Wildman–Crippen MR) is 73.3 cm³/mol. The molecule has 2 nitrogen and oxygen atoms in total. The lowest BCUT2D eigenvalue weighted by Crippen LogP contribution is -2.23. The third kappa shape index (κ3) is 2.09. The van der Waals surface area contributed by atoms with E-state index in [2.05, 4.69) is 0 Å². The first-order valence-corrected chi connectivity index (χ1v) is 6.30. The summed E-state index contributed by atoms with van der Waals surface area (Å²) in [6.45, 7) is 0. The summed E-state index contributed by atoms with van der Waals surface area (Å²) in [7, 11) is 1.88. The van der Waals surface area contributed by atoms with E-state index in [1.54, 1.807) is 12.1 Å². The Kier molecular flexibility index (Phi) is 3.05. The fraction of sp³-hybridized carbons (Fsp3) is 0.133. The van der Waals surface area contributed by atoms with Crippen molar-refractivity contribution in [3.63, 3.8) is 0 Å². The normalized spacial score (nSPS) is 17.5. The number of ketones is 1. The van der Waals surface area contributed by atoms with Crippen LogP contribution in [0.15, 0.2) is 36.4 Å². The highest BCUT2D eigenvalue weighted by Crippen LogP contribution is 2.35. The van der Waals surface area contributed by atoms with Crippen molar-refractivity contribution in [1.29, 1.82) is 0 Å². The van der Waals surface area contributed by atoms with Crippen LogP contribution in [0.3, 0.4) is 0 Å². The van der Waals surface area contributed by atoms with Gasteiger partial charge >= 0.3 is 0 Å². The molecule has 0 aliphatic carbocycles. The summed E-state index contributed by atoms with van der Waals surface area (Å²) in [6, 6.07) is 9.14. The van der Waals surface area contributed by atoms with E-state index in [9.17, 15) is 13.6 Å². The Balaban J connectivity index is 2.01. The molecule has 0 spiro atoms. The molecule has 1 aliphatic heterocycles. The van der Waals surface area contributed by atoms with E-state index in [4.69, 9.17) is 4.74 Å². The molecule has 2 aromatic rings. The Labute approximate surface area is 115 Å². The van der Waals surface area contributed by atoms with Gasteiger partial charge in [-0.25, -0.2) is 8.78 Å². The molecule has 20 heavy (non-hydrogen) atoms. The third-order valence-corrected chi connectivity index (χ3v) is 3.40. The molecule has 0 N–H and O–H groups in total. The molecule has 5 heteroatoms. The molecular formula is C15H11BF2O2. The SMILES string of the molecule is Bc1ccc2c(c1)C(=O)CC(c1cccc(F)c1F)O2. The van der Waals surface area contributed by atoms with Gasteiger partial charge in [0.1, 0.15) is 19.7 Å². The molecule has 0 aromatic heterocycles. The van der Waals surface area contributed by atoms with Gasteiger partial charge < -0.3 is 4.74 Å². The zero-order valence-electron chi connectivity index (χ0n) is 10.8. The highest BCUT2D eigenvalue weighted by atomic mass is 19.2. The lowest BCUT2D eigenvalue weighted by atomic mass is 9.89. The first-order chi connectivity index (χ1) is 9.56. The van der Waals surface area contributed by atoms with E-state index in [1.807, 2.05) is 13.9 Å². The standard InChI is InChI=1S/C15H11BF2O2/c16-8-4-5-13-10(6-8)12(19)7-14(20-13)9-2-1-3-11(17)15(9)18/h1-6,14H,7,16H2. The summed E-state index contributed by atoms with van der Waals surface area (Å²) in [4.78, 5) is 12.1. The Morgan fingerprint density at radius 1 is 1.20 bits per heavy atom. The van der Waals surface area contributed by atoms with Crippen LogP contribution in [0.4, 0.5) is 8.78 Å². The van der Waals surface area contributed by atoms with E-state index < -0.39 is 17.7 Å². The predicted octanol–water partition coefficient (Wildman–Crippen LogP) is 1.93. The van der Waals surface area contributed by atoms with Crippen LogP contribution in [0.1, 0.15) is 28.4 Å². The molecule has 0 fully saturated rings. The molecule has 0 saturated heterocycles. The summed E-state index contributed by atoms with van der Waals surface area (Å²) in [5.74, 6) is -1.60. The van der Waals surface area contributed by atoms with Crippen LogP contribution in [0.2, 0.25) is 0 Å². The Morgan fingerprint density at radius 2 is 2.00 bits per heavy atom. The minimum absolute atomic E-state index is 0.0107. The quantitative estimate of drug-likeness (QED) is 0.741. The molecule has 0 amide bonds. The summed E-state index contributed by atoms with van der Waals surface area (Å²) in [5, 5.41) is 0. The molecule has 2 aromatic carbocycles. The molecule has 0 radical (unpaired) electrons. The largest absolute Gasteiger partial charge is 0.484 e. The summed E-state index contributed by atoms with van der Waals surface area (Å²) < 4.78 is 32.7. The Morgan fingerprint density at radius 3 is 2.80 bits per heavy atom. The molecule has 1 unspecified atom stereocenters. The van der Waals surface area contributed by atoms with Gasteiger partial charge in [0.15, 0.2) is 17.4 Å². The van der Waals surface area contributed by atoms with E-state index in [-0.39, 0.29) is 17.8 Å². The highest BCUT2D eigenvalue weighted by Gasteiger charge is 2.30. The van der Waals surface area contributed by atoms with Crippen LogP contribution in [-0.4, -0.2) is 13.6 Å². The van der Waals surface area contributed by atoms with Crippen molar-refractivity contribution in [2.75, 3.05) is 0 Å². The van der Waals surface area contributed by atoms with Crippen molar-refractivity contribution in [2.45, 2.75) is 12.5 Å². The number of hydrogen-bond donors (Lipinski definition) is 0. The zero-order chi connectivity index (χ0) is 14.3. The molecule has 1 aliphatic rings. The van der Waals surface area contributed by atoms with Gasteiger partial charge in [0.25, 0.3) is 0 Å². The fourth-order valence-corrected chi connectivity index (χ4v) is 2.38. The average molecular weight is 272 g/mol. The zero-order valence-corrected chi connectivity index (χ0v) is 10.8. The number of hydrogen-bond acceptors (Lipinski definition) is 2. The number of benzene rings is 2. The maximum absolute atomic E-state index is 13.8. The maximum Gasteiger partial charge on any atom is 0.170 e. The van der Waals surface area contributed by atoms with Gasteiger partial charge in [-0.2, -0.15) is 0 Å². The van der Waals surface area contributed by atoms with E-state index in [1.165, 1.54) is 12.1 Å². The molecule has 0 saturated carbocycles. The first-order valence-electron chi connectivity index (χ1n) is 6.30. The van der Waals surface area contributed by atoms with Crippen molar-refractivity contribution in [1.82, 2.24) is 0 Å². The molecular weight excluding hydrogens is 261 g/mol. The third-order valence-electron chi connectivity index (χ3n) is 3.40. The van der Waals surface area contributed by atoms with Crippen molar-refractivity contribution in [2.24, 2.45) is 0 Å². The lowest BCUT2D eigenvalue weighted by molar-refractivity contribution is 0.0845. The number of rotatable bonds is 1. The van der Waals surface area contributed by atoms with Crippen molar-refractivity contribution >= 4 is 19.1 Å². The highest BCUT2D eigenvalue weighted by molar-refractivity contribution is 6.32. The number of Topliss-reactive ketones (excluding diaryl/α,β-unsaturated/α-hetero) is 1. The number of fused-ring (bicyclic) bond motifs is 1. The van der Waals surface area contributed by atoms with Crippen LogP contribution >= 0.6 is 0 Å². The molecule has 1 heterocycles. The van der Waals surface area contributed by atoms with Crippen molar-refractivity contribution < 1.29 is 18.3 Å². The van der Waals surface area contributed by atoms with E-state index in [0.717, 1.165) is 11.5 Å². The second-order valence-corrected chi connectivity index (χ2v) is 4.88. The Hall–Kier alpha value is -2.17. The minimum atomic E-state index is -0.958.